The number of aryl methyl sites for hydroxylation is 2. The minimum absolute atomic E-state index is 0.0370. The van der Waals surface area contributed by atoms with E-state index in [1.54, 1.807) is 38.1 Å². The third kappa shape index (κ3) is 8.08. The molecule has 0 aliphatic heterocycles. The number of hydrogen-bond donors (Lipinski definition) is 8. The van der Waals surface area contributed by atoms with Gasteiger partial charge in [-0.2, -0.15) is 16.8 Å². The monoisotopic (exact) mass is 770 g/mol. The van der Waals surface area contributed by atoms with Crippen LogP contribution in [0.4, 0.5) is 27.5 Å². The predicted octanol–water partition coefficient (Wildman–Crippen LogP) is 6.28. The Bertz CT molecular complexity index is 2600. The number of hydrogen-bond acceptors (Lipinski definition) is 11. The zero-order chi connectivity index (χ0) is 39.1. The number of amides is 4. The number of phenols is 2. The number of fused-ring (bicyclic) bond motifs is 2. The molecule has 4 amide bonds. The maximum atomic E-state index is 13.0. The van der Waals surface area contributed by atoms with Gasteiger partial charge in [0.2, 0.25) is 0 Å². The molecule has 0 unspecified atom stereocenters. The summed E-state index contributed by atoms with van der Waals surface area (Å²) in [5.74, 6) is -2.18. The van der Waals surface area contributed by atoms with Gasteiger partial charge in [-0.3, -0.25) is 29.3 Å². The van der Waals surface area contributed by atoms with Crippen molar-refractivity contribution >= 4 is 82.4 Å². The first-order valence-corrected chi connectivity index (χ1v) is 18.6. The summed E-state index contributed by atoms with van der Waals surface area (Å²) < 4.78 is 64.7. The molecule has 6 aromatic carbocycles. The molecule has 0 aliphatic carbocycles. The number of phenolic OH excluding ortho intramolecular Hbond substituents is 2. The van der Waals surface area contributed by atoms with E-state index in [4.69, 9.17) is 0 Å². The first kappa shape index (κ1) is 37.2. The van der Waals surface area contributed by atoms with Crippen molar-refractivity contribution in [3.63, 3.8) is 0 Å². The Morgan fingerprint density at radius 2 is 0.870 bits per heavy atom. The molecule has 0 radical (unpaired) electrons. The van der Waals surface area contributed by atoms with E-state index in [-0.39, 0.29) is 43.8 Å². The molecule has 6 rings (SSSR count). The fourth-order valence-electron chi connectivity index (χ4n) is 5.52. The predicted molar refractivity (Wildman–Crippen MR) is 200 cm³/mol. The van der Waals surface area contributed by atoms with E-state index < -0.39 is 38.1 Å². The van der Waals surface area contributed by atoms with Gasteiger partial charge in [0.1, 0.15) is 11.5 Å². The van der Waals surface area contributed by atoms with Crippen LogP contribution >= 0.6 is 0 Å². The number of aromatic hydroxyl groups is 2. The molecule has 0 fully saturated rings. The standard InChI is InChI=1S/C37H30N4O11S2/c1-19-3-5-23(15-29(19)38-31-13-21-7-9-27(53(47,48)49)11-25(21)17-33(31)42)35(44)40-37(46)41-36(45)24-6-4-20(2)30(16-24)39-32-14-22-8-10-28(54(50,51)52)12-26(22)18-34(32)43/h3-18,38-39,42-43H,1-2H3,(H,47,48,49)(H,50,51,52)(H2,40,41,44,45,46). The number of carbonyl (C=O) groups is 3. The Labute approximate surface area is 307 Å². The summed E-state index contributed by atoms with van der Waals surface area (Å²) in [4.78, 5) is 38.1. The van der Waals surface area contributed by atoms with Gasteiger partial charge in [0, 0.05) is 22.5 Å². The maximum Gasteiger partial charge on any atom is 0.328 e. The summed E-state index contributed by atoms with van der Waals surface area (Å²) in [5.41, 5.74) is 2.64. The second-order valence-electron chi connectivity index (χ2n) is 12.3. The normalized spacial score (nSPS) is 11.6. The number of anilines is 4. The van der Waals surface area contributed by atoms with Crippen LogP contribution in [0, 0.1) is 13.8 Å². The molecule has 54 heavy (non-hydrogen) atoms. The van der Waals surface area contributed by atoms with E-state index in [2.05, 4.69) is 21.3 Å². The van der Waals surface area contributed by atoms with E-state index >= 15 is 0 Å². The van der Waals surface area contributed by atoms with Gasteiger partial charge in [-0.1, -0.05) is 24.3 Å². The largest absolute Gasteiger partial charge is 0.506 e. The third-order valence-corrected chi connectivity index (χ3v) is 10.1. The molecule has 0 aliphatic rings. The summed E-state index contributed by atoms with van der Waals surface area (Å²) in [6.45, 7) is 3.47. The van der Waals surface area contributed by atoms with Crippen molar-refractivity contribution in [1.29, 1.82) is 0 Å². The third-order valence-electron chi connectivity index (χ3n) is 8.44. The number of nitrogens with one attached hydrogen (secondary N) is 4. The summed E-state index contributed by atoms with van der Waals surface area (Å²) in [5, 5.41) is 33.3. The molecule has 0 spiro atoms. The van der Waals surface area contributed by atoms with Gasteiger partial charge in [-0.15, -0.1) is 0 Å². The van der Waals surface area contributed by atoms with Crippen LogP contribution in [0.5, 0.6) is 11.5 Å². The van der Waals surface area contributed by atoms with Crippen LogP contribution in [-0.2, 0) is 20.2 Å². The Kier molecular flexibility index (Phi) is 9.74. The van der Waals surface area contributed by atoms with Crippen LogP contribution < -0.4 is 21.3 Å². The molecule has 0 atom stereocenters. The van der Waals surface area contributed by atoms with E-state index in [9.17, 15) is 50.5 Å². The van der Waals surface area contributed by atoms with Crippen LogP contribution in [0.25, 0.3) is 21.5 Å². The maximum absolute atomic E-state index is 13.0. The Morgan fingerprint density at radius 1 is 0.481 bits per heavy atom. The van der Waals surface area contributed by atoms with E-state index in [1.165, 1.54) is 72.8 Å². The molecule has 0 aromatic heterocycles. The number of benzene rings is 6. The molecular formula is C37H30N4O11S2. The summed E-state index contributed by atoms with van der Waals surface area (Å²) in [6, 6.07) is 21.3. The van der Waals surface area contributed by atoms with Gasteiger partial charge < -0.3 is 20.8 Å². The second-order valence-corrected chi connectivity index (χ2v) is 15.1. The van der Waals surface area contributed by atoms with Gasteiger partial charge in [0.05, 0.1) is 21.2 Å². The van der Waals surface area contributed by atoms with Crippen molar-refractivity contribution in [2.75, 3.05) is 10.6 Å². The number of rotatable bonds is 8. The molecule has 0 heterocycles. The molecule has 0 saturated carbocycles. The lowest BCUT2D eigenvalue weighted by Gasteiger charge is -2.15. The molecule has 8 N–H and O–H groups in total. The zero-order valence-corrected chi connectivity index (χ0v) is 29.8. The van der Waals surface area contributed by atoms with Crippen LogP contribution in [0.1, 0.15) is 31.8 Å². The molecule has 6 aromatic rings. The van der Waals surface area contributed by atoms with Crippen molar-refractivity contribution < 1.29 is 50.5 Å². The van der Waals surface area contributed by atoms with Crippen molar-refractivity contribution in [3.8, 4) is 11.5 Å². The molecule has 0 saturated heterocycles. The summed E-state index contributed by atoms with van der Waals surface area (Å²) >= 11 is 0. The van der Waals surface area contributed by atoms with Crippen LogP contribution in [0.3, 0.4) is 0 Å². The average molecular weight is 771 g/mol. The lowest BCUT2D eigenvalue weighted by atomic mass is 10.1. The lowest BCUT2D eigenvalue weighted by Crippen LogP contribution is -2.42. The Hall–Kier alpha value is -6.53. The number of urea groups is 1. The number of imide groups is 2. The molecule has 276 valence electrons. The highest BCUT2D eigenvalue weighted by Gasteiger charge is 2.18. The van der Waals surface area contributed by atoms with Crippen LogP contribution in [0.15, 0.2) is 107 Å². The minimum atomic E-state index is -4.45. The van der Waals surface area contributed by atoms with Crippen molar-refractivity contribution in [2.45, 2.75) is 23.6 Å². The van der Waals surface area contributed by atoms with Crippen molar-refractivity contribution in [2.24, 2.45) is 0 Å². The van der Waals surface area contributed by atoms with Crippen molar-refractivity contribution in [3.05, 3.63) is 119 Å². The second kappa shape index (κ2) is 14.1. The molecule has 0 bridgehead atoms. The van der Waals surface area contributed by atoms with Crippen LogP contribution in [-0.4, -0.2) is 54.0 Å². The highest BCUT2D eigenvalue weighted by atomic mass is 32.2. The van der Waals surface area contributed by atoms with Gasteiger partial charge in [-0.25, -0.2) is 4.79 Å². The quantitative estimate of drug-likeness (QED) is 0.0628. The summed E-state index contributed by atoms with van der Waals surface area (Å²) in [6.07, 6.45) is 0. The van der Waals surface area contributed by atoms with Gasteiger partial charge in [0.15, 0.2) is 0 Å². The highest BCUT2D eigenvalue weighted by molar-refractivity contribution is 7.86. The highest BCUT2D eigenvalue weighted by Crippen LogP contribution is 2.35. The fraction of sp³-hybridized carbons (Fsp3) is 0.0541. The molecular weight excluding hydrogens is 741 g/mol. The van der Waals surface area contributed by atoms with Gasteiger partial charge in [0.25, 0.3) is 32.1 Å². The first-order valence-electron chi connectivity index (χ1n) is 15.8. The van der Waals surface area contributed by atoms with E-state index in [0.29, 0.717) is 44.0 Å². The molecule has 15 nitrogen and oxygen atoms in total. The average Bonchev–Trinajstić information content (AvgIpc) is 3.09. The minimum Gasteiger partial charge on any atom is -0.506 e. The Balaban J connectivity index is 1.13. The first-order chi connectivity index (χ1) is 25.3. The topological polar surface area (TPSA) is 249 Å². The van der Waals surface area contributed by atoms with Crippen molar-refractivity contribution in [1.82, 2.24) is 10.6 Å². The Morgan fingerprint density at radius 3 is 1.24 bits per heavy atom. The summed E-state index contributed by atoms with van der Waals surface area (Å²) in [7, 11) is -8.90. The van der Waals surface area contributed by atoms with E-state index in [1.807, 2.05) is 0 Å². The molecule has 17 heteroatoms. The van der Waals surface area contributed by atoms with Gasteiger partial charge >= 0.3 is 6.03 Å². The smallest absolute Gasteiger partial charge is 0.328 e. The SMILES string of the molecule is Cc1ccc(C(=O)NC(=O)NC(=O)c2ccc(C)c(Nc3cc4ccc(S(=O)(=O)O)cc4cc3O)c2)cc1Nc1cc2ccc(S(=O)(=O)O)cc2cc1O. The lowest BCUT2D eigenvalue weighted by molar-refractivity contribution is 0.0944. The zero-order valence-electron chi connectivity index (χ0n) is 28.2. The van der Waals surface area contributed by atoms with E-state index in [0.717, 1.165) is 0 Å². The fourth-order valence-corrected chi connectivity index (χ4v) is 6.55. The number of carbonyl (C=O) groups excluding carboxylic acids is 3. The van der Waals surface area contributed by atoms with Crippen LogP contribution in [0.2, 0.25) is 0 Å². The van der Waals surface area contributed by atoms with Gasteiger partial charge in [-0.05, 0) is 119 Å².